The first kappa shape index (κ1) is 26.0. The van der Waals surface area contributed by atoms with E-state index in [-0.39, 0.29) is 29.9 Å². The number of imide groups is 1. The molecule has 2 aliphatic carbocycles. The van der Waals surface area contributed by atoms with Gasteiger partial charge in [-0.15, -0.1) is 0 Å². The summed E-state index contributed by atoms with van der Waals surface area (Å²) in [4.78, 5) is 44.0. The number of hydrogen-bond acceptors (Lipinski definition) is 6. The zero-order chi connectivity index (χ0) is 28.5. The number of aromatic nitrogens is 2. The summed E-state index contributed by atoms with van der Waals surface area (Å²) in [6.45, 7) is 8.82. The molecule has 3 fully saturated rings. The van der Waals surface area contributed by atoms with Crippen molar-refractivity contribution in [2.45, 2.75) is 64.0 Å². The summed E-state index contributed by atoms with van der Waals surface area (Å²) in [7, 11) is 0. The number of ether oxygens (including phenoxy) is 1. The predicted molar refractivity (Wildman–Crippen MR) is 155 cm³/mol. The molecule has 1 aromatic heterocycles. The summed E-state index contributed by atoms with van der Waals surface area (Å²) in [5, 5.41) is 6.42. The summed E-state index contributed by atoms with van der Waals surface area (Å²) < 4.78 is 7.83. The zero-order valence-electron chi connectivity index (χ0n) is 24.0. The fourth-order valence-corrected chi connectivity index (χ4v) is 6.55. The molecule has 41 heavy (non-hydrogen) atoms. The van der Waals surface area contributed by atoms with Crippen molar-refractivity contribution in [3.8, 4) is 0 Å². The highest BCUT2D eigenvalue weighted by atomic mass is 16.6. The number of hydrogen-bond donors (Lipinski definition) is 0. The first-order valence-corrected chi connectivity index (χ1v) is 14.9. The molecule has 3 amide bonds. The summed E-state index contributed by atoms with van der Waals surface area (Å²) in [6, 6.07) is 13.8. The molecule has 0 bridgehead atoms. The number of nitrogens with zero attached hydrogens (tertiary/aromatic N) is 5. The van der Waals surface area contributed by atoms with Crippen LogP contribution in [0, 0.1) is 5.92 Å². The number of carbonyl (C=O) groups is 3. The topological polar surface area (TPSA) is 88.0 Å². The molecule has 2 saturated carbocycles. The predicted octanol–water partition coefficient (Wildman–Crippen LogP) is 5.22. The van der Waals surface area contributed by atoms with Crippen molar-refractivity contribution in [2.24, 2.45) is 5.92 Å². The molecule has 7 rings (SSSR count). The van der Waals surface area contributed by atoms with E-state index in [2.05, 4.69) is 27.8 Å². The number of benzene rings is 2. The molecule has 0 unspecified atom stereocenters. The Kier molecular flexibility index (Phi) is 6.10. The molecule has 9 heteroatoms. The maximum absolute atomic E-state index is 12.9. The molecule has 0 atom stereocenters. The molecule has 0 radical (unpaired) electrons. The number of piperazine rings is 1. The maximum Gasteiger partial charge on any atom is 0.410 e. The minimum absolute atomic E-state index is 0.178. The number of rotatable bonds is 5. The van der Waals surface area contributed by atoms with Crippen molar-refractivity contribution in [1.29, 1.82) is 0 Å². The first-order chi connectivity index (χ1) is 19.7. The lowest BCUT2D eigenvalue weighted by atomic mass is 9.80. The molecule has 214 valence electrons. The quantitative estimate of drug-likeness (QED) is 0.401. The molecule has 1 saturated heterocycles. The van der Waals surface area contributed by atoms with Crippen LogP contribution in [-0.2, 0) is 4.74 Å². The molecular weight excluding hydrogens is 518 g/mol. The second kappa shape index (κ2) is 9.60. The standard InChI is InChI=1S/C32H37N5O4/c1-32(2,3)41-31(40)35-15-13-34(14-16-35)26-10-6-9-25-27(21-11-12-21)33-37(28(25)26)22-17-20(18-22)19-36-29(38)23-7-4-5-8-24(23)30(36)39/h4-10,20-22H,11-19H2,1-3H3. The Labute approximate surface area is 240 Å². The third kappa shape index (κ3) is 4.65. The minimum Gasteiger partial charge on any atom is -0.444 e. The summed E-state index contributed by atoms with van der Waals surface area (Å²) in [5.74, 6) is 0.424. The van der Waals surface area contributed by atoms with E-state index in [0.29, 0.717) is 36.7 Å². The van der Waals surface area contributed by atoms with Gasteiger partial charge < -0.3 is 14.5 Å². The monoisotopic (exact) mass is 555 g/mol. The lowest BCUT2D eigenvalue weighted by Crippen LogP contribution is -2.50. The van der Waals surface area contributed by atoms with Crippen molar-refractivity contribution in [1.82, 2.24) is 19.6 Å². The Morgan fingerprint density at radius 3 is 2.20 bits per heavy atom. The molecule has 2 aromatic carbocycles. The summed E-state index contributed by atoms with van der Waals surface area (Å²) in [5.41, 5.74) is 4.04. The maximum atomic E-state index is 12.9. The lowest BCUT2D eigenvalue weighted by Gasteiger charge is -2.39. The molecule has 2 aliphatic heterocycles. The van der Waals surface area contributed by atoms with Gasteiger partial charge >= 0.3 is 6.09 Å². The Hall–Kier alpha value is -3.88. The van der Waals surface area contributed by atoms with Crippen LogP contribution in [0.3, 0.4) is 0 Å². The second-order valence-corrected chi connectivity index (χ2v) is 13.0. The van der Waals surface area contributed by atoms with Crippen LogP contribution in [0.15, 0.2) is 42.5 Å². The molecule has 3 heterocycles. The van der Waals surface area contributed by atoms with Gasteiger partial charge in [-0.3, -0.25) is 19.2 Å². The van der Waals surface area contributed by atoms with Crippen LogP contribution < -0.4 is 4.90 Å². The van der Waals surface area contributed by atoms with Crippen molar-refractivity contribution in [3.63, 3.8) is 0 Å². The Morgan fingerprint density at radius 1 is 0.927 bits per heavy atom. The van der Waals surface area contributed by atoms with Crippen LogP contribution in [0.2, 0.25) is 0 Å². The van der Waals surface area contributed by atoms with Crippen LogP contribution in [0.4, 0.5) is 10.5 Å². The Balaban J connectivity index is 1.09. The fraction of sp³-hybridized carbons (Fsp3) is 0.500. The second-order valence-electron chi connectivity index (χ2n) is 13.0. The van der Waals surface area contributed by atoms with Gasteiger partial charge in [0.1, 0.15) is 5.60 Å². The summed E-state index contributed by atoms with van der Waals surface area (Å²) in [6.07, 6.45) is 3.87. The van der Waals surface area contributed by atoms with Gasteiger partial charge in [-0.05, 0) is 70.6 Å². The van der Waals surface area contributed by atoms with Gasteiger partial charge in [0.2, 0.25) is 0 Å². The third-order valence-electron chi connectivity index (χ3n) is 8.85. The number of carbonyl (C=O) groups excluding carboxylic acids is 3. The average molecular weight is 556 g/mol. The normalized spacial score (nSPS) is 22.8. The van der Waals surface area contributed by atoms with Crippen LogP contribution in [0.5, 0.6) is 0 Å². The van der Waals surface area contributed by atoms with Crippen LogP contribution in [-0.4, -0.2) is 75.8 Å². The van der Waals surface area contributed by atoms with E-state index in [1.807, 2.05) is 32.9 Å². The fourth-order valence-electron chi connectivity index (χ4n) is 6.55. The van der Waals surface area contributed by atoms with E-state index in [9.17, 15) is 14.4 Å². The number of anilines is 1. The number of fused-ring (bicyclic) bond motifs is 2. The van der Waals surface area contributed by atoms with E-state index in [0.717, 1.165) is 31.6 Å². The highest BCUT2D eigenvalue weighted by Crippen LogP contribution is 2.47. The molecule has 0 N–H and O–H groups in total. The largest absolute Gasteiger partial charge is 0.444 e. The molecule has 0 spiro atoms. The highest BCUT2D eigenvalue weighted by Gasteiger charge is 2.41. The molecule has 3 aromatic rings. The van der Waals surface area contributed by atoms with Crippen molar-refractivity contribution < 1.29 is 19.1 Å². The van der Waals surface area contributed by atoms with E-state index >= 15 is 0 Å². The lowest BCUT2D eigenvalue weighted by molar-refractivity contribution is 0.0240. The van der Waals surface area contributed by atoms with Crippen molar-refractivity contribution in [3.05, 3.63) is 59.3 Å². The number of amides is 3. The van der Waals surface area contributed by atoms with Crippen molar-refractivity contribution >= 4 is 34.5 Å². The average Bonchev–Trinajstić information content (AvgIpc) is 3.66. The van der Waals surface area contributed by atoms with Crippen molar-refractivity contribution in [2.75, 3.05) is 37.6 Å². The van der Waals surface area contributed by atoms with E-state index < -0.39 is 5.60 Å². The van der Waals surface area contributed by atoms with E-state index in [1.165, 1.54) is 34.3 Å². The minimum atomic E-state index is -0.508. The Morgan fingerprint density at radius 2 is 1.59 bits per heavy atom. The smallest absolute Gasteiger partial charge is 0.410 e. The van der Waals surface area contributed by atoms with Gasteiger partial charge in [0.25, 0.3) is 11.8 Å². The van der Waals surface area contributed by atoms with Gasteiger partial charge in [0.05, 0.1) is 34.1 Å². The zero-order valence-corrected chi connectivity index (χ0v) is 24.0. The van der Waals surface area contributed by atoms with E-state index in [4.69, 9.17) is 9.84 Å². The van der Waals surface area contributed by atoms with Gasteiger partial charge in [-0.1, -0.05) is 24.3 Å². The van der Waals surface area contributed by atoms with Gasteiger partial charge in [0.15, 0.2) is 0 Å². The highest BCUT2D eigenvalue weighted by molar-refractivity contribution is 6.21. The van der Waals surface area contributed by atoms with Crippen LogP contribution >= 0.6 is 0 Å². The molecule has 4 aliphatic rings. The van der Waals surface area contributed by atoms with Gasteiger partial charge in [-0.2, -0.15) is 5.10 Å². The summed E-state index contributed by atoms with van der Waals surface area (Å²) >= 11 is 0. The molecule has 9 nitrogen and oxygen atoms in total. The first-order valence-electron chi connectivity index (χ1n) is 14.9. The van der Waals surface area contributed by atoms with Gasteiger partial charge in [-0.25, -0.2) is 4.79 Å². The molecular formula is C32H37N5O4. The SMILES string of the molecule is CC(C)(C)OC(=O)N1CCN(c2cccc3c(C4CC4)nn(C4CC(CN5C(=O)c6ccccc6C5=O)C4)c23)CC1. The number of para-hydroxylation sites is 1. The van der Waals surface area contributed by atoms with E-state index in [1.54, 1.807) is 17.0 Å². The van der Waals surface area contributed by atoms with Crippen LogP contribution in [0.1, 0.15) is 84.8 Å². The van der Waals surface area contributed by atoms with Crippen LogP contribution in [0.25, 0.3) is 10.9 Å². The third-order valence-corrected chi connectivity index (χ3v) is 8.85. The van der Waals surface area contributed by atoms with Gasteiger partial charge in [0, 0.05) is 44.0 Å². The Bertz CT molecular complexity index is 1500.